The van der Waals surface area contributed by atoms with Gasteiger partial charge < -0.3 is 0 Å². The molecule has 1 aromatic rings. The highest BCUT2D eigenvalue weighted by Crippen LogP contribution is 2.28. The summed E-state index contributed by atoms with van der Waals surface area (Å²) in [6.07, 6.45) is 1.96. The van der Waals surface area contributed by atoms with Crippen LogP contribution in [0, 0.1) is 11.3 Å². The van der Waals surface area contributed by atoms with Crippen LogP contribution in [-0.4, -0.2) is 6.26 Å². The molecule has 0 aliphatic carbocycles. The van der Waals surface area contributed by atoms with Crippen molar-refractivity contribution in [2.45, 2.75) is 4.90 Å². The number of rotatable bonds is 1. The van der Waals surface area contributed by atoms with Gasteiger partial charge in [-0.25, -0.2) is 0 Å². The van der Waals surface area contributed by atoms with Crippen molar-refractivity contribution in [1.82, 2.24) is 0 Å². The topological polar surface area (TPSA) is 23.8 Å². The highest BCUT2D eigenvalue weighted by atomic mass is 79.9. The monoisotopic (exact) mass is 227 g/mol. The molecule has 0 spiro atoms. The van der Waals surface area contributed by atoms with Crippen molar-refractivity contribution < 1.29 is 0 Å². The lowest BCUT2D eigenvalue weighted by Gasteiger charge is -2.00. The van der Waals surface area contributed by atoms with Gasteiger partial charge in [0, 0.05) is 9.37 Å². The summed E-state index contributed by atoms with van der Waals surface area (Å²) in [4.78, 5) is 1.01. The van der Waals surface area contributed by atoms with E-state index in [9.17, 15) is 0 Å². The second-order valence-electron chi connectivity index (χ2n) is 1.93. The molecule has 1 aromatic carbocycles. The molecule has 3 heteroatoms. The van der Waals surface area contributed by atoms with Gasteiger partial charge in [-0.15, -0.1) is 11.8 Å². The van der Waals surface area contributed by atoms with E-state index in [1.165, 1.54) is 0 Å². The maximum Gasteiger partial charge on any atom is 0.100 e. The minimum atomic E-state index is 0.729. The molecule has 0 heterocycles. The van der Waals surface area contributed by atoms with Crippen LogP contribution in [0.4, 0.5) is 0 Å². The Bertz CT molecular complexity index is 303. The van der Waals surface area contributed by atoms with Crippen molar-refractivity contribution in [2.24, 2.45) is 0 Å². The molecular formula is C8H6BrNS. The molecule has 0 radical (unpaired) electrons. The molecule has 0 fully saturated rings. The van der Waals surface area contributed by atoms with E-state index in [4.69, 9.17) is 5.26 Å². The number of hydrogen-bond acceptors (Lipinski definition) is 2. The number of benzene rings is 1. The molecule has 11 heavy (non-hydrogen) atoms. The number of hydrogen-bond donors (Lipinski definition) is 0. The Morgan fingerprint density at radius 3 is 2.73 bits per heavy atom. The molecular weight excluding hydrogens is 222 g/mol. The van der Waals surface area contributed by atoms with Crippen LogP contribution >= 0.6 is 27.7 Å². The fourth-order valence-electron chi connectivity index (χ4n) is 0.804. The summed E-state index contributed by atoms with van der Waals surface area (Å²) in [6.45, 7) is 0. The third-order valence-corrected chi connectivity index (χ3v) is 3.06. The lowest BCUT2D eigenvalue weighted by Crippen LogP contribution is -1.80. The normalized spacial score (nSPS) is 9.18. The Balaban J connectivity index is 3.27. The fraction of sp³-hybridized carbons (Fsp3) is 0.125. The molecule has 0 aromatic heterocycles. The Morgan fingerprint density at radius 2 is 2.27 bits per heavy atom. The molecule has 0 saturated carbocycles. The van der Waals surface area contributed by atoms with Crippen LogP contribution in [0.2, 0.25) is 0 Å². The summed E-state index contributed by atoms with van der Waals surface area (Å²) in [5.74, 6) is 0. The Morgan fingerprint density at radius 1 is 1.55 bits per heavy atom. The van der Waals surface area contributed by atoms with Crippen LogP contribution in [0.5, 0.6) is 0 Å². The maximum atomic E-state index is 8.69. The summed E-state index contributed by atoms with van der Waals surface area (Å²) < 4.78 is 0.990. The van der Waals surface area contributed by atoms with E-state index in [-0.39, 0.29) is 0 Å². The van der Waals surface area contributed by atoms with Crippen LogP contribution in [0.15, 0.2) is 27.6 Å². The number of thioether (sulfide) groups is 1. The molecule has 0 bridgehead atoms. The molecule has 0 aliphatic rings. The van der Waals surface area contributed by atoms with E-state index in [0.29, 0.717) is 0 Å². The summed E-state index contributed by atoms with van der Waals surface area (Å²) in [5, 5.41) is 8.69. The van der Waals surface area contributed by atoms with Crippen molar-refractivity contribution in [3.8, 4) is 6.07 Å². The van der Waals surface area contributed by atoms with E-state index >= 15 is 0 Å². The summed E-state index contributed by atoms with van der Waals surface area (Å²) >= 11 is 4.95. The second kappa shape index (κ2) is 3.80. The largest absolute Gasteiger partial charge is 0.192 e. The van der Waals surface area contributed by atoms with E-state index in [0.717, 1.165) is 14.9 Å². The quantitative estimate of drug-likeness (QED) is 0.689. The third-order valence-electron chi connectivity index (χ3n) is 1.29. The SMILES string of the molecule is CSc1c(Br)cccc1C#N. The van der Waals surface area contributed by atoms with Gasteiger partial charge in [0.1, 0.15) is 6.07 Å². The predicted octanol–water partition coefficient (Wildman–Crippen LogP) is 3.04. The van der Waals surface area contributed by atoms with Gasteiger partial charge in [0.15, 0.2) is 0 Å². The summed E-state index contributed by atoms with van der Waals surface area (Å²) in [7, 11) is 0. The van der Waals surface area contributed by atoms with Crippen molar-refractivity contribution in [3.05, 3.63) is 28.2 Å². The standard InChI is InChI=1S/C8H6BrNS/c1-11-8-6(5-10)3-2-4-7(8)9/h2-4H,1H3. The first kappa shape index (κ1) is 8.63. The minimum Gasteiger partial charge on any atom is -0.192 e. The van der Waals surface area contributed by atoms with E-state index < -0.39 is 0 Å². The van der Waals surface area contributed by atoms with Crippen LogP contribution in [0.1, 0.15) is 5.56 Å². The van der Waals surface area contributed by atoms with Crippen molar-refractivity contribution >= 4 is 27.7 Å². The van der Waals surface area contributed by atoms with Crippen LogP contribution in [0.25, 0.3) is 0 Å². The smallest absolute Gasteiger partial charge is 0.100 e. The van der Waals surface area contributed by atoms with Crippen LogP contribution < -0.4 is 0 Å². The van der Waals surface area contributed by atoms with E-state index in [2.05, 4.69) is 22.0 Å². The summed E-state index contributed by atoms with van der Waals surface area (Å²) in [5.41, 5.74) is 0.729. The van der Waals surface area contributed by atoms with Gasteiger partial charge in [0.05, 0.1) is 5.56 Å². The van der Waals surface area contributed by atoms with Gasteiger partial charge in [-0.2, -0.15) is 5.26 Å². The van der Waals surface area contributed by atoms with Crippen LogP contribution in [0.3, 0.4) is 0 Å². The Hall–Kier alpha value is -0.460. The third kappa shape index (κ3) is 1.76. The molecule has 56 valence electrons. The zero-order valence-electron chi connectivity index (χ0n) is 5.97. The lowest BCUT2D eigenvalue weighted by atomic mass is 10.2. The molecule has 0 aliphatic heterocycles. The molecule has 0 saturated heterocycles. The van der Waals surface area contributed by atoms with Gasteiger partial charge in [-0.05, 0) is 34.3 Å². The lowest BCUT2D eigenvalue weighted by molar-refractivity contribution is 1.34. The maximum absolute atomic E-state index is 8.69. The van der Waals surface area contributed by atoms with Crippen molar-refractivity contribution in [3.63, 3.8) is 0 Å². The molecule has 1 rings (SSSR count). The highest BCUT2D eigenvalue weighted by Gasteiger charge is 2.02. The Kier molecular flexibility index (Phi) is 2.98. The van der Waals surface area contributed by atoms with Gasteiger partial charge in [-0.1, -0.05) is 6.07 Å². The van der Waals surface area contributed by atoms with Crippen LogP contribution in [-0.2, 0) is 0 Å². The van der Waals surface area contributed by atoms with Crippen molar-refractivity contribution in [1.29, 1.82) is 5.26 Å². The first-order valence-electron chi connectivity index (χ1n) is 3.02. The first-order valence-corrected chi connectivity index (χ1v) is 5.04. The molecule has 0 amide bonds. The number of halogens is 1. The average molecular weight is 228 g/mol. The number of nitriles is 1. The fourth-order valence-corrected chi connectivity index (χ4v) is 2.25. The van der Waals surface area contributed by atoms with Gasteiger partial charge in [0.2, 0.25) is 0 Å². The minimum absolute atomic E-state index is 0.729. The molecule has 0 atom stereocenters. The average Bonchev–Trinajstić information content (AvgIpc) is 2.04. The van der Waals surface area contributed by atoms with E-state index in [1.807, 2.05) is 24.5 Å². The number of nitrogens with zero attached hydrogens (tertiary/aromatic N) is 1. The zero-order valence-corrected chi connectivity index (χ0v) is 8.37. The summed E-state index contributed by atoms with van der Waals surface area (Å²) in [6, 6.07) is 7.75. The molecule has 1 nitrogen and oxygen atoms in total. The molecule has 0 unspecified atom stereocenters. The molecule has 0 N–H and O–H groups in total. The Labute approximate surface area is 78.5 Å². The highest BCUT2D eigenvalue weighted by molar-refractivity contribution is 9.10. The van der Waals surface area contributed by atoms with Gasteiger partial charge >= 0.3 is 0 Å². The second-order valence-corrected chi connectivity index (χ2v) is 3.60. The zero-order chi connectivity index (χ0) is 8.27. The predicted molar refractivity (Wildman–Crippen MR) is 50.6 cm³/mol. The van der Waals surface area contributed by atoms with E-state index in [1.54, 1.807) is 11.8 Å². The van der Waals surface area contributed by atoms with Gasteiger partial charge in [-0.3, -0.25) is 0 Å². The van der Waals surface area contributed by atoms with Crippen molar-refractivity contribution in [2.75, 3.05) is 6.26 Å². The first-order chi connectivity index (χ1) is 5.29. The van der Waals surface area contributed by atoms with Gasteiger partial charge in [0.25, 0.3) is 0 Å².